The lowest BCUT2D eigenvalue weighted by molar-refractivity contribution is -0.110. The van der Waals surface area contributed by atoms with Gasteiger partial charge in [-0.25, -0.2) is 0 Å². The predicted molar refractivity (Wildman–Crippen MR) is 48.6 cm³/mol. The molecule has 1 atom stereocenters. The normalized spacial score (nSPS) is 12.9. The van der Waals surface area contributed by atoms with Gasteiger partial charge in [-0.2, -0.15) is 0 Å². The molecule has 0 aliphatic heterocycles. The molecule has 0 aliphatic rings. The highest BCUT2D eigenvalue weighted by molar-refractivity contribution is 5.52. The molecule has 0 heterocycles. The maximum atomic E-state index is 10.2. The summed E-state index contributed by atoms with van der Waals surface area (Å²) in [7, 11) is 0. The highest BCUT2D eigenvalue weighted by atomic mass is 16.1. The molecular weight excluding hydrogens is 136 g/mol. The molecule has 0 aromatic carbocycles. The van der Waals surface area contributed by atoms with Crippen LogP contribution in [0.4, 0.5) is 0 Å². The third kappa shape index (κ3) is 7.57. The SMILES string of the molecule is CCCCCCC[C@@H](C)C=O. The summed E-state index contributed by atoms with van der Waals surface area (Å²) < 4.78 is 0. The second-order valence-electron chi connectivity index (χ2n) is 3.32. The van der Waals surface area contributed by atoms with Crippen LogP contribution in [0.5, 0.6) is 0 Å². The van der Waals surface area contributed by atoms with Crippen LogP contribution in [0.2, 0.25) is 0 Å². The Balaban J connectivity index is 2.95. The molecular formula is C10H20O. The highest BCUT2D eigenvalue weighted by Gasteiger charge is 1.97. The van der Waals surface area contributed by atoms with Crippen LogP contribution in [0.3, 0.4) is 0 Å². The van der Waals surface area contributed by atoms with Gasteiger partial charge in [0.2, 0.25) is 0 Å². The fraction of sp³-hybridized carbons (Fsp3) is 0.900. The van der Waals surface area contributed by atoms with Gasteiger partial charge in [0.05, 0.1) is 0 Å². The van der Waals surface area contributed by atoms with Crippen LogP contribution in [-0.4, -0.2) is 6.29 Å². The largest absolute Gasteiger partial charge is 0.303 e. The molecule has 1 nitrogen and oxygen atoms in total. The van der Waals surface area contributed by atoms with Gasteiger partial charge in [-0.05, 0) is 6.42 Å². The predicted octanol–water partition coefficient (Wildman–Crippen LogP) is 3.18. The van der Waals surface area contributed by atoms with Crippen molar-refractivity contribution < 1.29 is 4.79 Å². The van der Waals surface area contributed by atoms with Crippen LogP contribution in [-0.2, 0) is 4.79 Å². The fourth-order valence-corrected chi connectivity index (χ4v) is 1.14. The van der Waals surface area contributed by atoms with Crippen molar-refractivity contribution >= 4 is 6.29 Å². The molecule has 11 heavy (non-hydrogen) atoms. The van der Waals surface area contributed by atoms with E-state index in [0.29, 0.717) is 0 Å². The van der Waals surface area contributed by atoms with Crippen LogP contribution >= 0.6 is 0 Å². The molecule has 0 N–H and O–H groups in total. The number of carbonyl (C=O) groups excluding carboxylic acids is 1. The van der Waals surface area contributed by atoms with Gasteiger partial charge in [-0.3, -0.25) is 0 Å². The van der Waals surface area contributed by atoms with Crippen molar-refractivity contribution in [2.45, 2.75) is 52.4 Å². The average Bonchev–Trinajstić information content (AvgIpc) is 2.04. The molecule has 0 aromatic heterocycles. The summed E-state index contributed by atoms with van der Waals surface area (Å²) in [6.45, 7) is 4.21. The van der Waals surface area contributed by atoms with Crippen molar-refractivity contribution in [1.29, 1.82) is 0 Å². The van der Waals surface area contributed by atoms with Gasteiger partial charge in [0.1, 0.15) is 6.29 Å². The van der Waals surface area contributed by atoms with E-state index in [9.17, 15) is 4.79 Å². The van der Waals surface area contributed by atoms with Gasteiger partial charge in [0, 0.05) is 5.92 Å². The fourth-order valence-electron chi connectivity index (χ4n) is 1.14. The topological polar surface area (TPSA) is 17.1 Å². The van der Waals surface area contributed by atoms with Crippen LogP contribution in [0.25, 0.3) is 0 Å². The monoisotopic (exact) mass is 156 g/mol. The second-order valence-corrected chi connectivity index (χ2v) is 3.32. The summed E-state index contributed by atoms with van der Waals surface area (Å²) in [6, 6.07) is 0. The van der Waals surface area contributed by atoms with E-state index in [4.69, 9.17) is 0 Å². The molecule has 0 saturated heterocycles. The van der Waals surface area contributed by atoms with Gasteiger partial charge in [-0.15, -0.1) is 0 Å². The lowest BCUT2D eigenvalue weighted by Gasteiger charge is -2.01. The van der Waals surface area contributed by atoms with Crippen molar-refractivity contribution in [3.63, 3.8) is 0 Å². The van der Waals surface area contributed by atoms with Crippen molar-refractivity contribution in [2.24, 2.45) is 5.92 Å². The maximum absolute atomic E-state index is 10.2. The molecule has 0 saturated carbocycles. The summed E-state index contributed by atoms with van der Waals surface area (Å²) in [5.41, 5.74) is 0. The van der Waals surface area contributed by atoms with Gasteiger partial charge in [0.15, 0.2) is 0 Å². The van der Waals surface area contributed by atoms with Crippen molar-refractivity contribution in [3.05, 3.63) is 0 Å². The minimum absolute atomic E-state index is 0.275. The number of hydrogen-bond donors (Lipinski definition) is 0. The van der Waals surface area contributed by atoms with Crippen molar-refractivity contribution in [2.75, 3.05) is 0 Å². The summed E-state index contributed by atoms with van der Waals surface area (Å²) in [4.78, 5) is 10.2. The highest BCUT2D eigenvalue weighted by Crippen LogP contribution is 2.09. The molecule has 0 fully saturated rings. The second kappa shape index (κ2) is 7.77. The van der Waals surface area contributed by atoms with Crippen LogP contribution in [0, 0.1) is 5.92 Å². The van der Waals surface area contributed by atoms with Gasteiger partial charge in [0.25, 0.3) is 0 Å². The summed E-state index contributed by atoms with van der Waals surface area (Å²) >= 11 is 0. The molecule has 0 bridgehead atoms. The van der Waals surface area contributed by atoms with E-state index in [1.807, 2.05) is 6.92 Å². The van der Waals surface area contributed by atoms with Gasteiger partial charge in [-0.1, -0.05) is 46.0 Å². The lowest BCUT2D eigenvalue weighted by atomic mass is 10.0. The third-order valence-electron chi connectivity index (χ3n) is 2.00. The Labute approximate surface area is 70.2 Å². The Morgan fingerprint density at radius 2 is 1.82 bits per heavy atom. The first-order valence-electron chi connectivity index (χ1n) is 4.76. The quantitative estimate of drug-likeness (QED) is 0.408. The molecule has 0 rings (SSSR count). The number of aldehydes is 1. The van der Waals surface area contributed by atoms with Crippen molar-refractivity contribution in [1.82, 2.24) is 0 Å². The first kappa shape index (κ1) is 10.7. The zero-order valence-corrected chi connectivity index (χ0v) is 7.81. The molecule has 0 aromatic rings. The zero-order chi connectivity index (χ0) is 8.53. The summed E-state index contributed by atoms with van der Waals surface area (Å²) in [5.74, 6) is 0.275. The average molecular weight is 156 g/mol. The van der Waals surface area contributed by atoms with E-state index >= 15 is 0 Å². The number of hydrogen-bond acceptors (Lipinski definition) is 1. The smallest absolute Gasteiger partial charge is 0.122 e. The van der Waals surface area contributed by atoms with E-state index < -0.39 is 0 Å². The standard InChI is InChI=1S/C10H20O/c1-3-4-5-6-7-8-10(2)9-11/h9-10H,3-8H2,1-2H3/t10-/m1/s1. The Morgan fingerprint density at radius 3 is 2.36 bits per heavy atom. The maximum Gasteiger partial charge on any atom is 0.122 e. The molecule has 66 valence electrons. The van der Waals surface area contributed by atoms with Gasteiger partial charge >= 0.3 is 0 Å². The van der Waals surface area contributed by atoms with Gasteiger partial charge < -0.3 is 4.79 Å². The van der Waals surface area contributed by atoms with E-state index in [1.54, 1.807) is 0 Å². The van der Waals surface area contributed by atoms with E-state index in [1.165, 1.54) is 32.1 Å². The summed E-state index contributed by atoms with van der Waals surface area (Å²) in [5, 5.41) is 0. The molecule has 0 spiro atoms. The Morgan fingerprint density at radius 1 is 1.18 bits per heavy atom. The molecule has 0 radical (unpaired) electrons. The number of unbranched alkanes of at least 4 members (excludes halogenated alkanes) is 4. The van der Waals surface area contributed by atoms with Crippen LogP contribution < -0.4 is 0 Å². The molecule has 0 amide bonds. The Kier molecular flexibility index (Phi) is 7.54. The van der Waals surface area contributed by atoms with Crippen LogP contribution in [0.1, 0.15) is 52.4 Å². The van der Waals surface area contributed by atoms with E-state index in [2.05, 4.69) is 6.92 Å². The van der Waals surface area contributed by atoms with E-state index in [0.717, 1.165) is 12.7 Å². The van der Waals surface area contributed by atoms with Crippen LogP contribution in [0.15, 0.2) is 0 Å². The summed E-state index contributed by atoms with van der Waals surface area (Å²) in [6.07, 6.45) is 8.62. The molecule has 0 unspecified atom stereocenters. The minimum Gasteiger partial charge on any atom is -0.303 e. The molecule has 0 aliphatic carbocycles. The lowest BCUT2D eigenvalue weighted by Crippen LogP contribution is -1.94. The first-order valence-corrected chi connectivity index (χ1v) is 4.76. The Hall–Kier alpha value is -0.330. The number of carbonyl (C=O) groups is 1. The number of rotatable bonds is 7. The third-order valence-corrected chi connectivity index (χ3v) is 2.00. The molecule has 1 heteroatoms. The zero-order valence-electron chi connectivity index (χ0n) is 7.81. The van der Waals surface area contributed by atoms with Crippen molar-refractivity contribution in [3.8, 4) is 0 Å². The first-order chi connectivity index (χ1) is 5.31. The van der Waals surface area contributed by atoms with E-state index in [-0.39, 0.29) is 5.92 Å². The Bertz CT molecular complexity index is 88.9. The minimum atomic E-state index is 0.275.